The van der Waals surface area contributed by atoms with E-state index in [0.29, 0.717) is 11.3 Å². The topological polar surface area (TPSA) is 76.3 Å². The number of ether oxygens (including phenoxy) is 2. The third-order valence-electron chi connectivity index (χ3n) is 5.43. The Labute approximate surface area is 193 Å². The van der Waals surface area contributed by atoms with E-state index in [1.807, 2.05) is 66.7 Å². The number of carbonyl (C=O) groups is 1. The van der Waals surface area contributed by atoms with Crippen molar-refractivity contribution in [2.24, 2.45) is 0 Å². The number of fused-ring (bicyclic) bond motifs is 1. The molecule has 0 saturated heterocycles. The van der Waals surface area contributed by atoms with Crippen molar-refractivity contribution in [3.05, 3.63) is 83.9 Å². The van der Waals surface area contributed by atoms with Crippen LogP contribution in [0.5, 0.6) is 5.75 Å². The molecule has 0 aliphatic carbocycles. The van der Waals surface area contributed by atoms with Crippen molar-refractivity contribution in [3.8, 4) is 23.1 Å². The van der Waals surface area contributed by atoms with E-state index in [1.54, 1.807) is 13.2 Å². The molecule has 0 atom stereocenters. The van der Waals surface area contributed by atoms with E-state index < -0.39 is 6.09 Å². The molecule has 1 aromatic heterocycles. The number of nitriles is 1. The van der Waals surface area contributed by atoms with E-state index in [9.17, 15) is 10.1 Å². The van der Waals surface area contributed by atoms with Crippen LogP contribution in [0.4, 0.5) is 10.5 Å². The number of anilines is 1. The molecule has 4 aromatic rings. The van der Waals surface area contributed by atoms with Crippen molar-refractivity contribution >= 4 is 22.7 Å². The van der Waals surface area contributed by atoms with Crippen molar-refractivity contribution in [2.45, 2.75) is 26.5 Å². The number of benzene rings is 3. The lowest BCUT2D eigenvalue weighted by Crippen LogP contribution is -2.13. The van der Waals surface area contributed by atoms with E-state index in [4.69, 9.17) is 9.47 Å². The van der Waals surface area contributed by atoms with Crippen LogP contribution in [0.25, 0.3) is 22.2 Å². The Bertz CT molecular complexity index is 1330. The summed E-state index contributed by atoms with van der Waals surface area (Å²) in [7, 11) is 1.63. The second-order valence-electron chi connectivity index (χ2n) is 7.95. The van der Waals surface area contributed by atoms with E-state index in [1.165, 1.54) is 0 Å². The maximum absolute atomic E-state index is 12.3. The molecule has 0 radical (unpaired) electrons. The average Bonchev–Trinajstić information content (AvgIpc) is 3.17. The first kappa shape index (κ1) is 22.0. The molecule has 1 amide bonds. The summed E-state index contributed by atoms with van der Waals surface area (Å²) in [6.07, 6.45) is -0.536. The lowest BCUT2D eigenvalue weighted by atomic mass is 10.1. The second kappa shape index (κ2) is 9.49. The maximum Gasteiger partial charge on any atom is 0.411 e. The van der Waals surface area contributed by atoms with Gasteiger partial charge in [-0.15, -0.1) is 0 Å². The highest BCUT2D eigenvalue weighted by molar-refractivity contribution is 5.96. The van der Waals surface area contributed by atoms with Crippen molar-refractivity contribution in [3.63, 3.8) is 0 Å². The fraction of sp³-hybridized carbons (Fsp3) is 0.185. The van der Waals surface area contributed by atoms with Crippen molar-refractivity contribution in [1.29, 1.82) is 5.26 Å². The second-order valence-corrected chi connectivity index (χ2v) is 7.95. The van der Waals surface area contributed by atoms with Crippen molar-refractivity contribution < 1.29 is 14.3 Å². The molecule has 6 nitrogen and oxygen atoms in total. The number of hydrogen-bond acceptors (Lipinski definition) is 4. The smallest absolute Gasteiger partial charge is 0.411 e. The molecule has 33 heavy (non-hydrogen) atoms. The van der Waals surface area contributed by atoms with Gasteiger partial charge in [-0.1, -0.05) is 42.5 Å². The van der Waals surface area contributed by atoms with Gasteiger partial charge in [0.2, 0.25) is 0 Å². The molecule has 1 heterocycles. The Hall–Kier alpha value is -4.24. The van der Waals surface area contributed by atoms with Crippen LogP contribution in [0.3, 0.4) is 0 Å². The summed E-state index contributed by atoms with van der Waals surface area (Å²) in [6.45, 7) is 4.34. The van der Waals surface area contributed by atoms with Crippen LogP contribution < -0.4 is 10.1 Å². The van der Waals surface area contributed by atoms with Gasteiger partial charge in [-0.05, 0) is 43.7 Å². The third-order valence-corrected chi connectivity index (χ3v) is 5.43. The van der Waals surface area contributed by atoms with Crippen LogP contribution in [-0.2, 0) is 11.3 Å². The standard InChI is InChI=1S/C27H25N3O3/c1-18(2)30-25-15-22(32-3)12-13-23(25)24(16-28)26(30)20-10-7-11-21(14-20)29-27(31)33-17-19-8-5-4-6-9-19/h4-15,18H,17H2,1-3H3,(H,29,31). The van der Waals surface area contributed by atoms with Gasteiger partial charge in [-0.3, -0.25) is 5.32 Å². The fourth-order valence-corrected chi connectivity index (χ4v) is 3.97. The van der Waals surface area contributed by atoms with Crippen LogP contribution in [-0.4, -0.2) is 17.8 Å². The van der Waals surface area contributed by atoms with Gasteiger partial charge in [0.25, 0.3) is 0 Å². The quantitative estimate of drug-likeness (QED) is 0.371. The molecular weight excluding hydrogens is 414 g/mol. The predicted molar refractivity (Wildman–Crippen MR) is 129 cm³/mol. The number of amides is 1. The van der Waals surface area contributed by atoms with E-state index >= 15 is 0 Å². The first-order valence-electron chi connectivity index (χ1n) is 10.7. The summed E-state index contributed by atoms with van der Waals surface area (Å²) >= 11 is 0. The van der Waals surface area contributed by atoms with E-state index in [0.717, 1.165) is 33.5 Å². The SMILES string of the molecule is COc1ccc2c(C#N)c(-c3cccc(NC(=O)OCc4ccccc4)c3)n(C(C)C)c2c1. The third kappa shape index (κ3) is 4.53. The molecule has 0 aliphatic heterocycles. The van der Waals surface area contributed by atoms with Gasteiger partial charge >= 0.3 is 6.09 Å². The largest absolute Gasteiger partial charge is 0.497 e. The Morgan fingerprint density at radius 1 is 1.06 bits per heavy atom. The van der Waals surface area contributed by atoms with E-state index in [-0.39, 0.29) is 12.6 Å². The minimum absolute atomic E-state index is 0.101. The molecule has 0 bridgehead atoms. The average molecular weight is 440 g/mol. The van der Waals surface area contributed by atoms with Crippen LogP contribution in [0, 0.1) is 11.3 Å². The highest BCUT2D eigenvalue weighted by Gasteiger charge is 2.21. The van der Waals surface area contributed by atoms with Gasteiger partial charge in [-0.2, -0.15) is 5.26 Å². The molecule has 166 valence electrons. The fourth-order valence-electron chi connectivity index (χ4n) is 3.97. The number of aromatic nitrogens is 1. The highest BCUT2D eigenvalue weighted by atomic mass is 16.5. The van der Waals surface area contributed by atoms with Gasteiger partial charge in [0.1, 0.15) is 18.4 Å². The summed E-state index contributed by atoms with van der Waals surface area (Å²) in [5.74, 6) is 0.731. The zero-order valence-corrected chi connectivity index (χ0v) is 18.8. The number of hydrogen-bond donors (Lipinski definition) is 1. The lowest BCUT2D eigenvalue weighted by Gasteiger charge is -2.16. The van der Waals surface area contributed by atoms with Gasteiger partial charge in [0, 0.05) is 28.7 Å². The van der Waals surface area contributed by atoms with Crippen molar-refractivity contribution in [2.75, 3.05) is 12.4 Å². The molecule has 3 aromatic carbocycles. The summed E-state index contributed by atoms with van der Waals surface area (Å²) in [5.41, 5.74) is 4.65. The number of methoxy groups -OCH3 is 1. The number of carbonyl (C=O) groups excluding carboxylic acids is 1. The molecule has 0 spiro atoms. The zero-order valence-electron chi connectivity index (χ0n) is 18.8. The predicted octanol–water partition coefficient (Wildman–Crippen LogP) is 6.52. The normalized spacial score (nSPS) is 10.8. The molecule has 0 aliphatic rings. The first-order chi connectivity index (χ1) is 16.0. The zero-order chi connectivity index (χ0) is 23.4. The molecule has 0 fully saturated rings. The van der Waals surface area contributed by atoms with Crippen molar-refractivity contribution in [1.82, 2.24) is 4.57 Å². The Kier molecular flexibility index (Phi) is 6.32. The number of nitrogens with zero attached hydrogens (tertiary/aromatic N) is 2. The Morgan fingerprint density at radius 3 is 2.55 bits per heavy atom. The molecule has 0 unspecified atom stereocenters. The molecule has 0 saturated carbocycles. The molecule has 6 heteroatoms. The van der Waals surface area contributed by atoms with Gasteiger partial charge in [0.05, 0.1) is 23.9 Å². The van der Waals surface area contributed by atoms with Gasteiger partial charge in [-0.25, -0.2) is 4.79 Å². The summed E-state index contributed by atoms with van der Waals surface area (Å²) in [5, 5.41) is 13.7. The number of nitrogens with one attached hydrogen (secondary N) is 1. The maximum atomic E-state index is 12.3. The van der Waals surface area contributed by atoms with Crippen LogP contribution in [0.2, 0.25) is 0 Å². The Morgan fingerprint density at radius 2 is 1.85 bits per heavy atom. The summed E-state index contributed by atoms with van der Waals surface area (Å²) in [6, 6.07) is 25.2. The van der Waals surface area contributed by atoms with Gasteiger partial charge in [0.15, 0.2) is 0 Å². The van der Waals surface area contributed by atoms with Gasteiger partial charge < -0.3 is 14.0 Å². The van der Waals surface area contributed by atoms with Crippen LogP contribution in [0.1, 0.15) is 31.0 Å². The summed E-state index contributed by atoms with van der Waals surface area (Å²) < 4.78 is 12.9. The molecule has 1 N–H and O–H groups in total. The summed E-state index contributed by atoms with van der Waals surface area (Å²) in [4.78, 5) is 12.3. The minimum Gasteiger partial charge on any atom is -0.497 e. The lowest BCUT2D eigenvalue weighted by molar-refractivity contribution is 0.155. The van der Waals surface area contributed by atoms with Crippen LogP contribution >= 0.6 is 0 Å². The van der Waals surface area contributed by atoms with E-state index in [2.05, 4.69) is 29.8 Å². The highest BCUT2D eigenvalue weighted by Crippen LogP contribution is 2.38. The monoisotopic (exact) mass is 439 g/mol. The first-order valence-corrected chi connectivity index (χ1v) is 10.7. The minimum atomic E-state index is -0.536. The molecular formula is C27H25N3O3. The Balaban J connectivity index is 1.68. The number of rotatable bonds is 6. The molecule has 4 rings (SSSR count). The van der Waals surface area contributed by atoms with Crippen LogP contribution in [0.15, 0.2) is 72.8 Å².